The largest absolute Gasteiger partial charge is 0.322 e. The van der Waals surface area contributed by atoms with Crippen LogP contribution in [-0.4, -0.2) is 12.1 Å². The molecule has 0 unspecified atom stereocenters. The summed E-state index contributed by atoms with van der Waals surface area (Å²) in [6.07, 6.45) is 5.84. The summed E-state index contributed by atoms with van der Waals surface area (Å²) in [7, 11) is 0. The normalized spacial score (nSPS) is 13.5. The third-order valence-electron chi connectivity index (χ3n) is 5.21. The molecule has 4 rings (SSSR count). The average Bonchev–Trinajstić information content (AvgIpc) is 3.08. The molecule has 1 heterocycles. The van der Waals surface area contributed by atoms with Crippen molar-refractivity contribution >= 4 is 34.1 Å². The smallest absolute Gasteiger partial charge is 0.259 e. The predicted octanol–water partition coefficient (Wildman–Crippen LogP) is 6.39. The summed E-state index contributed by atoms with van der Waals surface area (Å²) in [5.74, 6) is -0.384. The first-order valence-electron chi connectivity index (χ1n) is 9.84. The Kier molecular flexibility index (Phi) is 5.58. The van der Waals surface area contributed by atoms with Crippen LogP contribution in [0.25, 0.3) is 0 Å². The van der Waals surface area contributed by atoms with E-state index < -0.39 is 0 Å². The van der Waals surface area contributed by atoms with E-state index in [0.717, 1.165) is 58.6 Å². The van der Waals surface area contributed by atoms with Crippen LogP contribution in [0.1, 0.15) is 50.3 Å². The molecule has 0 saturated carbocycles. The van der Waals surface area contributed by atoms with E-state index in [1.807, 2.05) is 26.0 Å². The molecule has 2 aromatic carbocycles. The second-order valence-corrected chi connectivity index (χ2v) is 8.56. The van der Waals surface area contributed by atoms with Gasteiger partial charge in [0.05, 0.1) is 5.56 Å². The van der Waals surface area contributed by atoms with Crippen LogP contribution < -0.4 is 5.32 Å². The number of hydrogen-bond donors (Lipinski definition) is 1. The van der Waals surface area contributed by atoms with E-state index in [9.17, 15) is 9.18 Å². The third kappa shape index (κ3) is 4.30. The minimum absolute atomic E-state index is 0.109. The number of amides is 1. The van der Waals surface area contributed by atoms with Crippen molar-refractivity contribution in [3.8, 4) is 0 Å². The van der Waals surface area contributed by atoms with Gasteiger partial charge < -0.3 is 5.32 Å². The minimum Gasteiger partial charge on any atom is -0.322 e. The summed E-state index contributed by atoms with van der Waals surface area (Å²) in [5.41, 5.74) is 5.65. The third-order valence-corrected chi connectivity index (χ3v) is 6.41. The Bertz CT molecular complexity index is 1080. The Balaban J connectivity index is 1.68. The molecule has 0 aliphatic heterocycles. The molecule has 1 aromatic heterocycles. The first-order chi connectivity index (χ1) is 14.0. The van der Waals surface area contributed by atoms with Crippen molar-refractivity contribution in [1.82, 2.24) is 0 Å². The van der Waals surface area contributed by atoms with Crippen LogP contribution in [0.3, 0.4) is 0 Å². The van der Waals surface area contributed by atoms with Crippen LogP contribution in [0, 0.1) is 19.7 Å². The number of benzene rings is 2. The van der Waals surface area contributed by atoms with Gasteiger partial charge in [-0.2, -0.15) is 0 Å². The zero-order valence-electron chi connectivity index (χ0n) is 16.6. The summed E-state index contributed by atoms with van der Waals surface area (Å²) >= 11 is 1.60. The second-order valence-electron chi connectivity index (χ2n) is 7.47. The first-order valence-corrected chi connectivity index (χ1v) is 10.7. The fourth-order valence-electron chi connectivity index (χ4n) is 3.70. The maximum absolute atomic E-state index is 13.2. The lowest BCUT2D eigenvalue weighted by Gasteiger charge is -2.14. The molecule has 0 saturated heterocycles. The minimum atomic E-state index is -0.276. The van der Waals surface area contributed by atoms with Crippen LogP contribution in [0.4, 0.5) is 15.1 Å². The van der Waals surface area contributed by atoms with Crippen LogP contribution in [0.2, 0.25) is 0 Å². The molecule has 1 aliphatic rings. The summed E-state index contributed by atoms with van der Waals surface area (Å²) in [4.78, 5) is 19.1. The van der Waals surface area contributed by atoms with E-state index in [0.29, 0.717) is 5.56 Å². The van der Waals surface area contributed by atoms with Gasteiger partial charge in [0.15, 0.2) is 0 Å². The number of carbonyl (C=O) groups is 1. The number of anilines is 1. The van der Waals surface area contributed by atoms with Gasteiger partial charge in [0, 0.05) is 16.8 Å². The number of nitrogens with one attached hydrogen (secondary N) is 1. The molecule has 0 bridgehead atoms. The number of aryl methyl sites for hydroxylation is 3. The van der Waals surface area contributed by atoms with Crippen molar-refractivity contribution in [3.05, 3.63) is 81.0 Å². The zero-order valence-corrected chi connectivity index (χ0v) is 17.4. The topological polar surface area (TPSA) is 41.5 Å². The van der Waals surface area contributed by atoms with E-state index in [1.165, 1.54) is 17.0 Å². The molecule has 0 fully saturated rings. The number of hydrogen-bond acceptors (Lipinski definition) is 3. The number of fused-ring (bicyclic) bond motifs is 1. The molecule has 1 N–H and O–H groups in total. The Hall–Kier alpha value is -2.79. The molecule has 0 atom stereocenters. The molecule has 29 heavy (non-hydrogen) atoms. The lowest BCUT2D eigenvalue weighted by atomic mass is 9.95. The van der Waals surface area contributed by atoms with Crippen molar-refractivity contribution in [1.29, 1.82) is 0 Å². The quantitative estimate of drug-likeness (QED) is 0.502. The molecule has 148 valence electrons. The van der Waals surface area contributed by atoms with E-state index in [1.54, 1.807) is 29.7 Å². The van der Waals surface area contributed by atoms with Crippen molar-refractivity contribution in [2.45, 2.75) is 39.5 Å². The Labute approximate surface area is 174 Å². The van der Waals surface area contributed by atoms with Crippen molar-refractivity contribution in [2.75, 3.05) is 5.32 Å². The molecular weight excluding hydrogens is 383 g/mol. The maximum atomic E-state index is 13.2. The fourth-order valence-corrected chi connectivity index (χ4v) is 4.93. The maximum Gasteiger partial charge on any atom is 0.259 e. The first kappa shape index (κ1) is 19.5. The number of rotatable bonds is 4. The SMILES string of the molecule is Cc1ccc(NC(=O)c2c(N=Cc3ccc(F)cc3)sc3c2CCCC3)c(C)c1. The van der Waals surface area contributed by atoms with E-state index in [2.05, 4.69) is 16.4 Å². The monoisotopic (exact) mass is 406 g/mol. The standard InChI is InChI=1S/C24H23FN2OS/c1-15-7-12-20(16(2)13-15)27-23(28)22-19-5-3-4-6-21(19)29-24(22)26-14-17-8-10-18(25)11-9-17/h7-14H,3-6H2,1-2H3,(H,27,28). The zero-order chi connectivity index (χ0) is 20.4. The molecular formula is C24H23FN2OS. The molecule has 5 heteroatoms. The molecule has 3 nitrogen and oxygen atoms in total. The van der Waals surface area contributed by atoms with Crippen LogP contribution >= 0.6 is 11.3 Å². The number of nitrogens with zero attached hydrogens (tertiary/aromatic N) is 1. The molecule has 0 radical (unpaired) electrons. The highest BCUT2D eigenvalue weighted by atomic mass is 32.1. The van der Waals surface area contributed by atoms with E-state index in [-0.39, 0.29) is 11.7 Å². The number of aliphatic imine (C=N–C) groups is 1. The Morgan fingerprint density at radius 2 is 1.86 bits per heavy atom. The molecule has 1 amide bonds. The lowest BCUT2D eigenvalue weighted by molar-refractivity contribution is 0.102. The fraction of sp³-hybridized carbons (Fsp3) is 0.250. The molecule has 0 spiro atoms. The van der Waals surface area contributed by atoms with Crippen LogP contribution in [0.15, 0.2) is 47.5 Å². The number of halogens is 1. The van der Waals surface area contributed by atoms with Gasteiger partial charge in [0.25, 0.3) is 5.91 Å². The predicted molar refractivity (Wildman–Crippen MR) is 118 cm³/mol. The van der Waals surface area contributed by atoms with Gasteiger partial charge in [-0.25, -0.2) is 9.38 Å². The highest BCUT2D eigenvalue weighted by Crippen LogP contribution is 2.40. The summed E-state index contributed by atoms with van der Waals surface area (Å²) < 4.78 is 13.1. The van der Waals surface area contributed by atoms with E-state index >= 15 is 0 Å². The average molecular weight is 407 g/mol. The number of carbonyl (C=O) groups excluding carboxylic acids is 1. The summed E-state index contributed by atoms with van der Waals surface area (Å²) in [5, 5.41) is 3.81. The van der Waals surface area contributed by atoms with Gasteiger partial charge in [-0.3, -0.25) is 4.79 Å². The van der Waals surface area contributed by atoms with E-state index in [4.69, 9.17) is 0 Å². The van der Waals surface area contributed by atoms with Gasteiger partial charge >= 0.3 is 0 Å². The van der Waals surface area contributed by atoms with Gasteiger partial charge in [0.1, 0.15) is 10.8 Å². The van der Waals surface area contributed by atoms with Gasteiger partial charge in [0.2, 0.25) is 0 Å². The van der Waals surface area contributed by atoms with Crippen LogP contribution in [0.5, 0.6) is 0 Å². The summed E-state index contributed by atoms with van der Waals surface area (Å²) in [6, 6.07) is 12.2. The Morgan fingerprint density at radius 3 is 2.62 bits per heavy atom. The highest BCUT2D eigenvalue weighted by Gasteiger charge is 2.25. The van der Waals surface area contributed by atoms with Crippen molar-refractivity contribution < 1.29 is 9.18 Å². The molecule has 3 aromatic rings. The van der Waals surface area contributed by atoms with Crippen molar-refractivity contribution in [2.24, 2.45) is 4.99 Å². The number of thiophene rings is 1. The second kappa shape index (κ2) is 8.29. The summed E-state index contributed by atoms with van der Waals surface area (Å²) in [6.45, 7) is 4.04. The van der Waals surface area contributed by atoms with Gasteiger partial charge in [-0.15, -0.1) is 11.3 Å². The van der Waals surface area contributed by atoms with Gasteiger partial charge in [-0.05, 0) is 74.4 Å². The molecule has 1 aliphatic carbocycles. The van der Waals surface area contributed by atoms with Crippen LogP contribution in [-0.2, 0) is 12.8 Å². The Morgan fingerprint density at radius 1 is 1.10 bits per heavy atom. The highest BCUT2D eigenvalue weighted by molar-refractivity contribution is 7.16. The lowest BCUT2D eigenvalue weighted by Crippen LogP contribution is -2.15. The van der Waals surface area contributed by atoms with Crippen molar-refractivity contribution in [3.63, 3.8) is 0 Å². The van der Waals surface area contributed by atoms with Gasteiger partial charge in [-0.1, -0.05) is 29.8 Å².